The van der Waals surface area contributed by atoms with Crippen LogP contribution in [0.15, 0.2) is 340 Å². The van der Waals surface area contributed by atoms with Gasteiger partial charge in [-0.05, 0) is 68.1 Å². The molecular formula is C76H72Fe2I2Ni2O2P4-2. The van der Waals surface area contributed by atoms with Crippen molar-refractivity contribution in [2.24, 2.45) is 0 Å². The Bertz CT molecular complexity index is 2830. The van der Waals surface area contributed by atoms with E-state index in [1.807, 2.05) is 0 Å². The SMILES string of the molecule is C1CCOC1.C1CCOC1.[Fe+2].[Fe].[I-].[I-].[Ni+2].[Ni].c1ccc(P(c2ccccc2)[c-]2cccc2)cc1.c1ccc(P(c2ccccc2)[c-]2cccc2)cc1.c1ccc(P(c2ccccc2)[c-]2cccc2)cc1.c1ccc(P(c2ccccc2)[c-]2cccc2)cc1. The van der Waals surface area contributed by atoms with Crippen LogP contribution in [0, 0.1) is 0 Å². The maximum Gasteiger partial charge on any atom is 2.00 e. The summed E-state index contributed by atoms with van der Waals surface area (Å²) in [6, 6.07) is 121. The molecule has 0 unspecified atom stereocenters. The van der Waals surface area contributed by atoms with Gasteiger partial charge in [0.15, 0.2) is 0 Å². The number of ether oxygens (including phenoxy) is 2. The summed E-state index contributed by atoms with van der Waals surface area (Å²) in [5, 5.41) is 16.9. The van der Waals surface area contributed by atoms with Gasteiger partial charge in [-0.25, -0.2) is 48.5 Å². The Morgan fingerprint density at radius 2 is 0.352 bits per heavy atom. The van der Waals surface area contributed by atoms with Crippen LogP contribution in [-0.2, 0) is 76.6 Å². The second-order valence-corrected chi connectivity index (χ2v) is 28.1. The van der Waals surface area contributed by atoms with Gasteiger partial charge < -0.3 is 57.4 Å². The minimum absolute atomic E-state index is 0. The maximum atomic E-state index is 4.94. The first-order valence-corrected chi connectivity index (χ1v) is 33.8. The quantitative estimate of drug-likeness (QED) is 0.0532. The van der Waals surface area contributed by atoms with Gasteiger partial charge in [-0.1, -0.05) is 274 Å². The molecule has 12 aromatic carbocycles. The van der Waals surface area contributed by atoms with Crippen LogP contribution in [0.1, 0.15) is 25.7 Å². The fourth-order valence-corrected chi connectivity index (χ4v) is 18.7. The molecule has 0 radical (unpaired) electrons. The average Bonchev–Trinajstić information content (AvgIpc) is 4.45. The van der Waals surface area contributed by atoms with E-state index in [1.54, 1.807) is 0 Å². The van der Waals surface area contributed by atoms with Crippen molar-refractivity contribution in [3.8, 4) is 0 Å². The van der Waals surface area contributed by atoms with Crippen LogP contribution in [0.2, 0.25) is 0 Å². The Morgan fingerprint density at radius 1 is 0.227 bits per heavy atom. The van der Waals surface area contributed by atoms with Crippen LogP contribution in [0.4, 0.5) is 0 Å². The summed E-state index contributed by atoms with van der Waals surface area (Å²) in [4.78, 5) is 0. The molecule has 0 N–H and O–H groups in total. The molecule has 0 aromatic heterocycles. The molecule has 2 aliphatic rings. The van der Waals surface area contributed by atoms with Gasteiger partial charge in [0.05, 0.1) is 0 Å². The van der Waals surface area contributed by atoms with Gasteiger partial charge in [0, 0.05) is 60.0 Å². The molecule has 0 aliphatic carbocycles. The molecule has 460 valence electrons. The van der Waals surface area contributed by atoms with Crippen LogP contribution in [0.5, 0.6) is 0 Å². The monoisotopic (exact) mass is 1620 g/mol. The van der Waals surface area contributed by atoms with E-state index in [4.69, 9.17) is 9.47 Å². The van der Waals surface area contributed by atoms with Crippen LogP contribution < -0.4 is 112 Å². The van der Waals surface area contributed by atoms with Crippen molar-refractivity contribution in [3.05, 3.63) is 340 Å². The van der Waals surface area contributed by atoms with Crippen molar-refractivity contribution in [1.29, 1.82) is 0 Å². The molecule has 12 heteroatoms. The number of benzene rings is 8. The summed E-state index contributed by atoms with van der Waals surface area (Å²) in [5.41, 5.74) is 0. The van der Waals surface area contributed by atoms with E-state index in [1.165, 1.54) is 89.3 Å². The third-order valence-corrected chi connectivity index (χ3v) is 23.2. The number of hydrogen-bond donors (Lipinski definition) is 0. The smallest absolute Gasteiger partial charge is 1.00 e. The second kappa shape index (κ2) is 46.4. The van der Waals surface area contributed by atoms with Crippen molar-refractivity contribution >= 4 is 95.3 Å². The van der Waals surface area contributed by atoms with Gasteiger partial charge in [-0.3, -0.25) is 0 Å². The summed E-state index contributed by atoms with van der Waals surface area (Å²) < 4.78 is 9.89. The third kappa shape index (κ3) is 25.4. The predicted octanol–water partition coefficient (Wildman–Crippen LogP) is 8.25. The molecule has 88 heavy (non-hydrogen) atoms. The van der Waals surface area contributed by atoms with Gasteiger partial charge in [0.1, 0.15) is 0 Å². The Kier molecular flexibility index (Phi) is 41.4. The molecule has 2 nitrogen and oxygen atoms in total. The first kappa shape index (κ1) is 78.5. The van der Waals surface area contributed by atoms with Crippen LogP contribution >= 0.6 is 31.7 Å². The molecule has 14 rings (SSSR count). The average molecular weight is 1620 g/mol. The van der Waals surface area contributed by atoms with Gasteiger partial charge >= 0.3 is 33.6 Å². The molecule has 0 amide bonds. The standard InChI is InChI=1S/4C17H14P.2C4H8O.2Fe.2HI.2Ni/c4*1-3-9-15(10-4-1)18(17-13-7-8-14-17)16-11-5-2-6-12-16;2*1-2-4-5-3-1;;;;;;/h4*1-14H;2*1-4H2;;;2*1H;;/q4*-1;;;;+2;;;;+2/p-2. The number of rotatable bonds is 12. The van der Waals surface area contributed by atoms with E-state index in [2.05, 4.69) is 340 Å². The minimum atomic E-state index is -0.409. The van der Waals surface area contributed by atoms with Crippen LogP contribution in [-0.4, -0.2) is 26.4 Å². The zero-order chi connectivity index (χ0) is 55.9. The summed E-state index contributed by atoms with van der Waals surface area (Å²) in [7, 11) is -1.64. The largest absolute Gasteiger partial charge is 2.00 e. The van der Waals surface area contributed by atoms with Crippen molar-refractivity contribution < 1.29 is 125 Å². The third-order valence-electron chi connectivity index (χ3n) is 13.4. The molecule has 2 aliphatic heterocycles. The summed E-state index contributed by atoms with van der Waals surface area (Å²) in [6.45, 7) is 4.00. The minimum Gasteiger partial charge on any atom is -1.00 e. The van der Waals surface area contributed by atoms with E-state index < -0.39 is 31.7 Å². The van der Waals surface area contributed by atoms with Crippen molar-refractivity contribution in [2.75, 3.05) is 26.4 Å². The first-order chi connectivity index (χ1) is 40.8. The van der Waals surface area contributed by atoms with E-state index in [0.717, 1.165) is 26.4 Å². The Balaban J connectivity index is 0.000000284. The van der Waals surface area contributed by atoms with E-state index in [0.29, 0.717) is 0 Å². The normalized spacial score (nSPS) is 11.5. The van der Waals surface area contributed by atoms with E-state index in [9.17, 15) is 0 Å². The Labute approximate surface area is 605 Å². The topological polar surface area (TPSA) is 18.5 Å². The van der Waals surface area contributed by atoms with Gasteiger partial charge in [-0.2, -0.15) is 48.5 Å². The predicted molar refractivity (Wildman–Crippen MR) is 363 cm³/mol. The molecule has 2 saturated heterocycles. The van der Waals surface area contributed by atoms with Crippen molar-refractivity contribution in [1.82, 2.24) is 0 Å². The fourth-order valence-electron chi connectivity index (χ4n) is 9.48. The van der Waals surface area contributed by atoms with Crippen LogP contribution in [0.3, 0.4) is 0 Å². The molecule has 0 spiro atoms. The zero-order valence-corrected chi connectivity index (χ0v) is 60.8. The van der Waals surface area contributed by atoms with Crippen molar-refractivity contribution in [2.45, 2.75) is 25.7 Å². The second-order valence-electron chi connectivity index (χ2n) is 19.2. The maximum absolute atomic E-state index is 4.94. The Morgan fingerprint density at radius 3 is 0.455 bits per heavy atom. The number of halogens is 2. The van der Waals surface area contributed by atoms with Gasteiger partial charge in [0.2, 0.25) is 0 Å². The molecule has 0 saturated carbocycles. The molecule has 2 fully saturated rings. The molecule has 0 bridgehead atoms. The molecule has 0 atom stereocenters. The van der Waals surface area contributed by atoms with E-state index in [-0.39, 0.29) is 115 Å². The summed E-state index contributed by atoms with van der Waals surface area (Å²) in [5.74, 6) is 0. The van der Waals surface area contributed by atoms with Gasteiger partial charge in [0.25, 0.3) is 0 Å². The Hall–Kier alpha value is -3.71. The van der Waals surface area contributed by atoms with Crippen LogP contribution in [0.25, 0.3) is 0 Å². The summed E-state index contributed by atoms with van der Waals surface area (Å²) >= 11 is 0. The van der Waals surface area contributed by atoms with E-state index >= 15 is 0 Å². The zero-order valence-electron chi connectivity index (χ0n) is 48.7. The fraction of sp³-hybridized carbons (Fsp3) is 0.105. The molecular weight excluding hydrogens is 1550 g/mol. The number of hydrogen-bond acceptors (Lipinski definition) is 2. The summed E-state index contributed by atoms with van der Waals surface area (Å²) in [6.07, 6.45) is 5.11. The first-order valence-electron chi connectivity index (χ1n) is 28.4. The molecule has 2 heterocycles. The van der Waals surface area contributed by atoms with Gasteiger partial charge in [-0.15, -0.1) is 21.2 Å². The molecule has 12 aromatic rings. The van der Waals surface area contributed by atoms with Crippen molar-refractivity contribution in [3.63, 3.8) is 0 Å².